The van der Waals surface area contributed by atoms with Crippen molar-refractivity contribution in [2.75, 3.05) is 0 Å². The van der Waals surface area contributed by atoms with Crippen LogP contribution < -0.4 is 0 Å². The maximum Gasteiger partial charge on any atom is 0.361 e. The van der Waals surface area contributed by atoms with Crippen LogP contribution >= 0.6 is 26.8 Å². The minimum atomic E-state index is -3.89. The molecule has 6 nitrogen and oxygen atoms in total. The van der Waals surface area contributed by atoms with E-state index in [9.17, 15) is 9.13 Å². The normalized spacial score (nSPS) is 25.9. The highest BCUT2D eigenvalue weighted by Gasteiger charge is 2.54. The summed E-state index contributed by atoms with van der Waals surface area (Å²) < 4.78 is 52.5. The van der Waals surface area contributed by atoms with E-state index >= 15 is 0 Å². The molecule has 0 saturated heterocycles. The molecule has 4 aliphatic rings. The van der Waals surface area contributed by atoms with Crippen LogP contribution in [-0.4, -0.2) is 29.3 Å². The summed E-state index contributed by atoms with van der Waals surface area (Å²) in [6.07, 6.45) is 14.3. The number of hydrogen-bond donors (Lipinski definition) is 0. The van der Waals surface area contributed by atoms with Crippen molar-refractivity contribution in [1.29, 1.82) is 0 Å². The fraction of sp³-hybridized carbons (Fsp3) is 1.00. The third-order valence-electron chi connectivity index (χ3n) is 6.91. The second kappa shape index (κ2) is 10.7. The Balaban J connectivity index is 1.56. The summed E-state index contributed by atoms with van der Waals surface area (Å²) in [5, 5.41) is 0. The first-order valence-electron chi connectivity index (χ1n) is 12.0. The molecule has 4 rings (SSSR count). The van der Waals surface area contributed by atoms with Crippen LogP contribution in [-0.2, 0) is 27.2 Å². The fourth-order valence-corrected chi connectivity index (χ4v) is 10.8. The van der Waals surface area contributed by atoms with Crippen molar-refractivity contribution < 1.29 is 27.2 Å². The molecule has 0 heterocycles. The van der Waals surface area contributed by atoms with Crippen LogP contribution in [0, 0.1) is 0 Å². The molecule has 4 fully saturated rings. The van der Waals surface area contributed by atoms with Crippen molar-refractivity contribution in [3.63, 3.8) is 0 Å². The Morgan fingerprint density at radius 2 is 0.700 bits per heavy atom. The zero-order valence-electron chi connectivity index (χ0n) is 17.9. The number of halogens is 1. The Kier molecular flexibility index (Phi) is 8.45. The molecular formula is C21H37ClO6P2. The molecule has 0 atom stereocenters. The van der Waals surface area contributed by atoms with E-state index in [2.05, 4.69) is 0 Å². The molecule has 0 amide bonds. The Bertz CT molecular complexity index is 539. The van der Waals surface area contributed by atoms with Crippen molar-refractivity contribution in [3.8, 4) is 0 Å². The van der Waals surface area contributed by atoms with Gasteiger partial charge in [0.05, 0.1) is 24.4 Å². The van der Waals surface area contributed by atoms with Gasteiger partial charge in [0, 0.05) is 0 Å². The van der Waals surface area contributed by atoms with Gasteiger partial charge in [-0.3, -0.25) is 9.13 Å². The lowest BCUT2D eigenvalue weighted by atomic mass is 10.3. The molecule has 174 valence electrons. The van der Waals surface area contributed by atoms with E-state index in [1.54, 1.807) is 0 Å². The van der Waals surface area contributed by atoms with Gasteiger partial charge in [0.2, 0.25) is 4.86 Å². The van der Waals surface area contributed by atoms with Gasteiger partial charge in [-0.15, -0.1) is 0 Å². The molecule has 0 unspecified atom stereocenters. The maximum atomic E-state index is 14.1. The van der Waals surface area contributed by atoms with Crippen LogP contribution in [0.2, 0.25) is 0 Å². The summed E-state index contributed by atoms with van der Waals surface area (Å²) in [4.78, 5) is -1.41. The monoisotopic (exact) mass is 482 g/mol. The average Bonchev–Trinajstić information content (AvgIpc) is 3.50. The third kappa shape index (κ3) is 5.93. The van der Waals surface area contributed by atoms with Gasteiger partial charge in [-0.2, -0.15) is 0 Å². The van der Waals surface area contributed by atoms with Gasteiger partial charge in [-0.05, 0) is 51.4 Å². The summed E-state index contributed by atoms with van der Waals surface area (Å²) >= 11 is 6.78. The van der Waals surface area contributed by atoms with Gasteiger partial charge in [0.25, 0.3) is 0 Å². The third-order valence-corrected chi connectivity index (χ3v) is 13.5. The lowest BCUT2D eigenvalue weighted by molar-refractivity contribution is 0.104. The zero-order chi connectivity index (χ0) is 21.0. The molecule has 0 aromatic carbocycles. The molecule has 4 saturated carbocycles. The maximum absolute atomic E-state index is 14.1. The van der Waals surface area contributed by atoms with Gasteiger partial charge in [-0.1, -0.05) is 63.0 Å². The SMILES string of the molecule is O=P(OC1CCCC1)(OC1CCCC1)C(Cl)P(=O)(OC1CCCC1)OC1CCCC1. The van der Waals surface area contributed by atoms with E-state index in [0.717, 1.165) is 103 Å². The molecule has 0 aromatic rings. The van der Waals surface area contributed by atoms with E-state index in [4.69, 9.17) is 29.7 Å². The highest BCUT2D eigenvalue weighted by atomic mass is 35.5. The predicted molar refractivity (Wildman–Crippen MR) is 118 cm³/mol. The van der Waals surface area contributed by atoms with Crippen molar-refractivity contribution in [2.45, 2.75) is 132 Å². The molecule has 0 bridgehead atoms. The van der Waals surface area contributed by atoms with Crippen molar-refractivity contribution in [3.05, 3.63) is 0 Å². The van der Waals surface area contributed by atoms with Crippen LogP contribution in [0.4, 0.5) is 0 Å². The molecule has 0 aliphatic heterocycles. The van der Waals surface area contributed by atoms with Gasteiger partial charge >= 0.3 is 15.2 Å². The summed E-state index contributed by atoms with van der Waals surface area (Å²) in [7, 11) is -7.78. The second-order valence-corrected chi connectivity index (χ2v) is 14.9. The van der Waals surface area contributed by atoms with Crippen molar-refractivity contribution >= 4 is 26.8 Å². The molecule has 4 aliphatic carbocycles. The minimum absolute atomic E-state index is 0.162. The van der Waals surface area contributed by atoms with Crippen LogP contribution in [0.5, 0.6) is 0 Å². The zero-order valence-corrected chi connectivity index (χ0v) is 20.5. The lowest BCUT2D eigenvalue weighted by Gasteiger charge is -2.33. The van der Waals surface area contributed by atoms with E-state index in [1.165, 1.54) is 0 Å². The van der Waals surface area contributed by atoms with E-state index < -0.39 is 20.1 Å². The largest absolute Gasteiger partial charge is 0.361 e. The Morgan fingerprint density at radius 3 is 0.900 bits per heavy atom. The van der Waals surface area contributed by atoms with Gasteiger partial charge in [-0.25, -0.2) is 0 Å². The summed E-state index contributed by atoms with van der Waals surface area (Å²) in [5.41, 5.74) is 0. The van der Waals surface area contributed by atoms with Gasteiger partial charge in [0.1, 0.15) is 0 Å². The second-order valence-electron chi connectivity index (χ2n) is 9.44. The van der Waals surface area contributed by atoms with Crippen LogP contribution in [0.3, 0.4) is 0 Å². The lowest BCUT2D eigenvalue weighted by Crippen LogP contribution is -2.22. The fourth-order valence-electron chi connectivity index (χ4n) is 5.23. The molecule has 9 heteroatoms. The molecular weight excluding hydrogens is 446 g/mol. The average molecular weight is 483 g/mol. The van der Waals surface area contributed by atoms with E-state index in [-0.39, 0.29) is 24.4 Å². The topological polar surface area (TPSA) is 71.1 Å². The predicted octanol–water partition coefficient (Wildman–Crippen LogP) is 7.73. The molecule has 0 spiro atoms. The van der Waals surface area contributed by atoms with Crippen LogP contribution in [0.25, 0.3) is 0 Å². The van der Waals surface area contributed by atoms with Gasteiger partial charge in [0.15, 0.2) is 0 Å². The highest BCUT2D eigenvalue weighted by molar-refractivity contribution is 7.75. The van der Waals surface area contributed by atoms with Crippen molar-refractivity contribution in [2.24, 2.45) is 0 Å². The molecule has 0 radical (unpaired) electrons. The number of hydrogen-bond acceptors (Lipinski definition) is 6. The quantitative estimate of drug-likeness (QED) is 0.234. The number of rotatable bonds is 10. The first-order valence-corrected chi connectivity index (χ1v) is 15.7. The van der Waals surface area contributed by atoms with Crippen molar-refractivity contribution in [1.82, 2.24) is 0 Å². The Labute approximate surface area is 186 Å². The summed E-state index contributed by atoms with van der Waals surface area (Å²) in [5.74, 6) is 0. The molecule has 0 aromatic heterocycles. The molecule has 0 N–H and O–H groups in total. The standard InChI is InChI=1S/C21H37ClO6P2/c22-21(29(23,25-17-9-1-2-10-17)26-18-11-3-4-12-18)30(24,27-19-13-5-6-14-19)28-20-15-7-8-16-20/h17-21H,1-16H2. The smallest absolute Gasteiger partial charge is 0.304 e. The first-order chi connectivity index (χ1) is 14.5. The molecule has 30 heavy (non-hydrogen) atoms. The Morgan fingerprint density at radius 1 is 0.500 bits per heavy atom. The summed E-state index contributed by atoms with van der Waals surface area (Å²) in [6.45, 7) is 0. The van der Waals surface area contributed by atoms with Gasteiger partial charge < -0.3 is 18.1 Å². The Hall–Kier alpha value is 0.590. The highest BCUT2D eigenvalue weighted by Crippen LogP contribution is 2.74. The van der Waals surface area contributed by atoms with Crippen LogP contribution in [0.1, 0.15) is 103 Å². The van der Waals surface area contributed by atoms with Crippen LogP contribution in [0.15, 0.2) is 0 Å². The minimum Gasteiger partial charge on any atom is -0.304 e. The summed E-state index contributed by atoms with van der Waals surface area (Å²) in [6, 6.07) is 0. The van der Waals surface area contributed by atoms with E-state index in [1.807, 2.05) is 0 Å². The van der Waals surface area contributed by atoms with E-state index in [0.29, 0.717) is 0 Å². The first kappa shape index (κ1) is 23.7. The number of alkyl halides is 1.